The van der Waals surface area contributed by atoms with Gasteiger partial charge in [0.05, 0.1) is 22.2 Å². The van der Waals surface area contributed by atoms with E-state index in [-0.39, 0.29) is 31.9 Å². The number of rotatable bonds is 6. The van der Waals surface area contributed by atoms with Crippen LogP contribution in [-0.4, -0.2) is 28.9 Å². The van der Waals surface area contributed by atoms with Gasteiger partial charge in [-0.15, -0.1) is 11.3 Å². The molecule has 2 heterocycles. The first-order valence-electron chi connectivity index (χ1n) is 11.9. The molecule has 0 unspecified atom stereocenters. The van der Waals surface area contributed by atoms with Crippen LogP contribution in [0.3, 0.4) is 0 Å². The van der Waals surface area contributed by atoms with Crippen LogP contribution in [0.4, 0.5) is 8.78 Å². The third-order valence-corrected chi connectivity index (χ3v) is 8.44. The fourth-order valence-electron chi connectivity index (χ4n) is 4.93. The first-order chi connectivity index (χ1) is 17.5. The predicted octanol–water partition coefficient (Wildman–Crippen LogP) is 7.88. The largest absolute Gasteiger partial charge is 0.496 e. The average Bonchev–Trinajstić information content (AvgIpc) is 3.28. The zero-order valence-corrected chi connectivity index (χ0v) is 21.3. The van der Waals surface area contributed by atoms with E-state index in [0.29, 0.717) is 6.54 Å². The van der Waals surface area contributed by atoms with E-state index in [4.69, 9.17) is 16.3 Å². The van der Waals surface area contributed by atoms with E-state index < -0.39 is 11.6 Å². The molecule has 5 rings (SSSR count). The van der Waals surface area contributed by atoms with Gasteiger partial charge in [-0.2, -0.15) is 0 Å². The lowest BCUT2D eigenvalue weighted by atomic mass is 9.93. The number of fused-ring (bicyclic) bond motifs is 1. The predicted molar refractivity (Wildman–Crippen MR) is 140 cm³/mol. The average molecular weight is 527 g/mol. The summed E-state index contributed by atoms with van der Waals surface area (Å²) in [5.74, 6) is -0.793. The van der Waals surface area contributed by atoms with Crippen molar-refractivity contribution in [3.8, 4) is 16.9 Å². The number of hydrogen-bond acceptors (Lipinski definition) is 4. The van der Waals surface area contributed by atoms with E-state index in [1.807, 2.05) is 35.2 Å². The quantitative estimate of drug-likeness (QED) is 0.256. The van der Waals surface area contributed by atoms with Gasteiger partial charge in [-0.05, 0) is 60.4 Å². The first kappa shape index (κ1) is 24.7. The minimum atomic E-state index is -0.631. The van der Waals surface area contributed by atoms with Gasteiger partial charge in [0.2, 0.25) is 0 Å². The Morgan fingerprint density at radius 3 is 2.50 bits per heavy atom. The number of thiophene rings is 1. The Morgan fingerprint density at radius 2 is 1.81 bits per heavy atom. The molecule has 1 aliphatic carbocycles. The van der Waals surface area contributed by atoms with Crippen LogP contribution in [0, 0.1) is 11.6 Å². The zero-order valence-electron chi connectivity index (χ0n) is 19.8. The summed E-state index contributed by atoms with van der Waals surface area (Å²) in [7, 11) is 1.62. The molecule has 8 heteroatoms. The van der Waals surface area contributed by atoms with Crippen molar-refractivity contribution in [3.05, 3.63) is 82.0 Å². The molecule has 1 saturated carbocycles. The van der Waals surface area contributed by atoms with Crippen LogP contribution in [0.15, 0.2) is 54.9 Å². The van der Waals surface area contributed by atoms with Crippen LogP contribution in [0.5, 0.6) is 5.75 Å². The van der Waals surface area contributed by atoms with E-state index >= 15 is 0 Å². The number of carbonyl (C=O) groups excluding carboxylic acids is 1. The number of nitrogens with zero attached hydrogens (tertiary/aromatic N) is 2. The Balaban J connectivity index is 1.55. The summed E-state index contributed by atoms with van der Waals surface area (Å²) in [5.41, 5.74) is 2.78. The number of pyridine rings is 1. The van der Waals surface area contributed by atoms with Gasteiger partial charge in [0.15, 0.2) is 0 Å². The van der Waals surface area contributed by atoms with Crippen LogP contribution < -0.4 is 4.74 Å². The number of methoxy groups -OCH3 is 1. The lowest BCUT2D eigenvalue weighted by Gasteiger charge is -2.34. The number of carbonyl (C=O) groups is 1. The molecule has 1 amide bonds. The molecule has 1 fully saturated rings. The molecular weight excluding hydrogens is 502 g/mol. The molecule has 0 aliphatic heterocycles. The van der Waals surface area contributed by atoms with E-state index in [0.717, 1.165) is 78.0 Å². The fraction of sp³-hybridized carbons (Fsp3) is 0.286. The van der Waals surface area contributed by atoms with E-state index in [9.17, 15) is 13.6 Å². The Kier molecular flexibility index (Phi) is 7.21. The van der Waals surface area contributed by atoms with Gasteiger partial charge in [-0.1, -0.05) is 36.9 Å². The van der Waals surface area contributed by atoms with E-state index in [1.54, 1.807) is 19.5 Å². The zero-order chi connectivity index (χ0) is 25.2. The Hall–Kier alpha value is -3.03. The topological polar surface area (TPSA) is 42.4 Å². The van der Waals surface area contributed by atoms with Crippen molar-refractivity contribution in [2.24, 2.45) is 0 Å². The van der Waals surface area contributed by atoms with Gasteiger partial charge >= 0.3 is 0 Å². The molecule has 4 nitrogen and oxygen atoms in total. The molecule has 0 radical (unpaired) electrons. The molecule has 2 aromatic heterocycles. The highest BCUT2D eigenvalue weighted by Gasteiger charge is 2.31. The summed E-state index contributed by atoms with van der Waals surface area (Å²) in [6, 6.07) is 11.8. The van der Waals surface area contributed by atoms with Crippen LogP contribution >= 0.6 is 22.9 Å². The normalized spacial score (nSPS) is 14.2. The highest BCUT2D eigenvalue weighted by Crippen LogP contribution is 2.40. The summed E-state index contributed by atoms with van der Waals surface area (Å²) in [4.78, 5) is 20.0. The molecule has 36 heavy (non-hydrogen) atoms. The number of halogens is 3. The standard InChI is InChI=1S/C28H25ClF2N2O2S/c1-35-23-10-7-17(15-20(23)18-11-13-32-14-12-18)16-33(19-5-3-2-4-6-19)28(34)27-25(29)24-21(30)8-9-22(31)26(24)36-27/h7-15,19H,2-6,16H2,1H3. The van der Waals surface area contributed by atoms with Gasteiger partial charge in [0, 0.05) is 30.5 Å². The first-order valence-corrected chi connectivity index (χ1v) is 13.1. The fourth-order valence-corrected chi connectivity index (χ4v) is 6.44. The Bertz CT molecular complexity index is 1400. The number of aromatic nitrogens is 1. The SMILES string of the molecule is COc1ccc(CN(C(=O)c2sc3c(F)ccc(F)c3c2Cl)C2CCCCC2)cc1-c1ccncc1. The minimum Gasteiger partial charge on any atom is -0.496 e. The van der Waals surface area contributed by atoms with E-state index in [1.165, 1.54) is 0 Å². The van der Waals surface area contributed by atoms with Crippen molar-refractivity contribution >= 4 is 38.9 Å². The van der Waals surface area contributed by atoms with Crippen molar-refractivity contribution in [1.82, 2.24) is 9.88 Å². The van der Waals surface area contributed by atoms with Crippen molar-refractivity contribution in [2.45, 2.75) is 44.7 Å². The van der Waals surface area contributed by atoms with Crippen molar-refractivity contribution in [2.75, 3.05) is 7.11 Å². The van der Waals surface area contributed by atoms with E-state index in [2.05, 4.69) is 4.98 Å². The molecule has 4 aromatic rings. The van der Waals surface area contributed by atoms with Crippen LogP contribution in [-0.2, 0) is 6.54 Å². The van der Waals surface area contributed by atoms with Crippen molar-refractivity contribution in [3.63, 3.8) is 0 Å². The van der Waals surface area contributed by atoms with Gasteiger partial charge in [-0.3, -0.25) is 9.78 Å². The maximum Gasteiger partial charge on any atom is 0.266 e. The minimum absolute atomic E-state index is 0.0219. The van der Waals surface area contributed by atoms with Crippen molar-refractivity contribution < 1.29 is 18.3 Å². The number of benzene rings is 2. The summed E-state index contributed by atoms with van der Waals surface area (Å²) >= 11 is 7.41. The van der Waals surface area contributed by atoms with Crippen LogP contribution in [0.1, 0.15) is 47.3 Å². The molecule has 186 valence electrons. The number of hydrogen-bond donors (Lipinski definition) is 0. The monoisotopic (exact) mass is 526 g/mol. The number of amides is 1. The lowest BCUT2D eigenvalue weighted by Crippen LogP contribution is -2.40. The van der Waals surface area contributed by atoms with Gasteiger partial charge < -0.3 is 9.64 Å². The van der Waals surface area contributed by atoms with Crippen LogP contribution in [0.25, 0.3) is 21.2 Å². The van der Waals surface area contributed by atoms with Crippen LogP contribution in [0.2, 0.25) is 5.02 Å². The highest BCUT2D eigenvalue weighted by atomic mass is 35.5. The second-order valence-electron chi connectivity index (χ2n) is 8.97. The second kappa shape index (κ2) is 10.5. The van der Waals surface area contributed by atoms with Gasteiger partial charge in [0.1, 0.15) is 22.3 Å². The third kappa shape index (κ3) is 4.70. The second-order valence-corrected chi connectivity index (χ2v) is 10.4. The molecule has 0 atom stereocenters. The Labute approximate surface area is 217 Å². The summed E-state index contributed by atoms with van der Waals surface area (Å²) < 4.78 is 34.6. The summed E-state index contributed by atoms with van der Waals surface area (Å²) in [5, 5.41) is -0.0527. The van der Waals surface area contributed by atoms with Gasteiger partial charge in [0.25, 0.3) is 5.91 Å². The molecule has 2 aromatic carbocycles. The molecule has 0 spiro atoms. The molecular formula is C28H25ClF2N2O2S. The molecule has 1 aliphatic rings. The smallest absolute Gasteiger partial charge is 0.266 e. The van der Waals surface area contributed by atoms with Crippen molar-refractivity contribution in [1.29, 1.82) is 0 Å². The lowest BCUT2D eigenvalue weighted by molar-refractivity contribution is 0.0619. The van der Waals surface area contributed by atoms with Gasteiger partial charge in [-0.25, -0.2) is 8.78 Å². The highest BCUT2D eigenvalue weighted by molar-refractivity contribution is 7.21. The molecule has 0 N–H and O–H groups in total. The maximum atomic E-state index is 14.5. The summed E-state index contributed by atoms with van der Waals surface area (Å²) in [6.07, 6.45) is 8.40. The molecule has 0 saturated heterocycles. The third-order valence-electron chi connectivity index (χ3n) is 6.76. The number of ether oxygens (including phenoxy) is 1. The summed E-state index contributed by atoms with van der Waals surface area (Å²) in [6.45, 7) is 0.348. The molecule has 0 bridgehead atoms. The maximum absolute atomic E-state index is 14.5. The Morgan fingerprint density at radius 1 is 1.08 bits per heavy atom.